The van der Waals surface area contributed by atoms with Crippen LogP contribution in [0.15, 0.2) is 12.2 Å². The summed E-state index contributed by atoms with van der Waals surface area (Å²) in [5.74, 6) is -0.255. The summed E-state index contributed by atoms with van der Waals surface area (Å²) in [6.45, 7) is 2.64. The molecule has 0 aliphatic carbocycles. The van der Waals surface area contributed by atoms with Crippen LogP contribution < -0.4 is 5.32 Å². The Hall–Kier alpha value is -1.27. The largest absolute Gasteiger partial charge is 0.394 e. The van der Waals surface area contributed by atoms with Gasteiger partial charge in [0.2, 0.25) is 5.91 Å². The normalized spacial score (nSPS) is 30.8. The Labute approximate surface area is 310 Å². The molecule has 306 valence electrons. The van der Waals surface area contributed by atoms with Crippen LogP contribution in [0.25, 0.3) is 0 Å². The van der Waals surface area contributed by atoms with Gasteiger partial charge in [0.1, 0.15) is 48.8 Å². The molecule has 0 unspecified atom stereocenters. The Bertz CT molecular complexity index is 941. The maximum absolute atomic E-state index is 12.8. The van der Waals surface area contributed by atoms with Crippen LogP contribution in [-0.2, 0) is 23.7 Å². The van der Waals surface area contributed by atoms with E-state index in [4.69, 9.17) is 18.9 Å². The van der Waals surface area contributed by atoms with Crippen molar-refractivity contribution in [2.24, 2.45) is 0 Å². The van der Waals surface area contributed by atoms with E-state index in [1.807, 2.05) is 6.08 Å². The number of allylic oxidation sites excluding steroid dienone is 1. The van der Waals surface area contributed by atoms with Crippen molar-refractivity contribution in [2.45, 2.75) is 203 Å². The molecule has 52 heavy (non-hydrogen) atoms. The summed E-state index contributed by atoms with van der Waals surface area (Å²) in [6, 6.07) is -0.902. The average molecular weight is 750 g/mol. The third kappa shape index (κ3) is 16.6. The highest BCUT2D eigenvalue weighted by Gasteiger charge is 2.50. The van der Waals surface area contributed by atoms with Crippen LogP contribution in [0.3, 0.4) is 0 Å². The van der Waals surface area contributed by atoms with Gasteiger partial charge in [-0.3, -0.25) is 4.79 Å². The summed E-state index contributed by atoms with van der Waals surface area (Å²) in [6.07, 6.45) is 6.08. The summed E-state index contributed by atoms with van der Waals surface area (Å²) < 4.78 is 22.5. The van der Waals surface area contributed by atoms with Gasteiger partial charge in [0.25, 0.3) is 0 Å². The lowest BCUT2D eigenvalue weighted by atomic mass is 9.97. The van der Waals surface area contributed by atoms with E-state index in [1.165, 1.54) is 57.8 Å². The monoisotopic (exact) mass is 749 g/mol. The molecule has 0 aromatic heterocycles. The number of aliphatic hydroxyl groups excluding tert-OH is 8. The molecule has 2 heterocycles. The Balaban J connectivity index is 1.93. The minimum absolute atomic E-state index is 0.255. The molecule has 0 saturated carbocycles. The highest BCUT2D eigenvalue weighted by atomic mass is 16.7. The fourth-order valence-electron chi connectivity index (χ4n) is 6.58. The molecule has 14 nitrogen and oxygen atoms in total. The first-order valence-electron chi connectivity index (χ1n) is 19.9. The second-order valence-electron chi connectivity index (χ2n) is 14.4. The first kappa shape index (κ1) is 46.9. The van der Waals surface area contributed by atoms with Gasteiger partial charge in [-0.2, -0.15) is 0 Å². The van der Waals surface area contributed by atoms with Crippen LogP contribution in [0.5, 0.6) is 0 Å². The molecule has 2 saturated heterocycles. The maximum atomic E-state index is 12.8. The number of hydrogen-bond donors (Lipinski definition) is 9. The van der Waals surface area contributed by atoms with Crippen molar-refractivity contribution in [1.29, 1.82) is 0 Å². The van der Waals surface area contributed by atoms with Crippen LogP contribution in [-0.4, -0.2) is 140 Å². The van der Waals surface area contributed by atoms with Crippen molar-refractivity contribution in [1.82, 2.24) is 5.32 Å². The number of amides is 1. The smallest absolute Gasteiger partial charge is 0.220 e. The van der Waals surface area contributed by atoms with E-state index < -0.39 is 86.8 Å². The zero-order valence-corrected chi connectivity index (χ0v) is 31.6. The molecule has 2 aliphatic heterocycles. The molecular formula is C38H71NO13. The predicted octanol–water partition coefficient (Wildman–Crippen LogP) is 2.09. The third-order valence-corrected chi connectivity index (χ3v) is 9.97. The summed E-state index contributed by atoms with van der Waals surface area (Å²) in [5, 5.41) is 85.8. The molecule has 14 heteroatoms. The van der Waals surface area contributed by atoms with Gasteiger partial charge in [-0.05, 0) is 19.3 Å². The first-order chi connectivity index (χ1) is 25.1. The molecule has 0 aromatic rings. The second kappa shape index (κ2) is 27.3. The van der Waals surface area contributed by atoms with Crippen molar-refractivity contribution in [2.75, 3.05) is 19.8 Å². The van der Waals surface area contributed by atoms with Crippen LogP contribution in [0.1, 0.15) is 129 Å². The second-order valence-corrected chi connectivity index (χ2v) is 14.4. The average Bonchev–Trinajstić information content (AvgIpc) is 3.14. The van der Waals surface area contributed by atoms with Gasteiger partial charge in [-0.15, -0.1) is 0 Å². The number of hydrogen-bond acceptors (Lipinski definition) is 13. The van der Waals surface area contributed by atoms with Crippen LogP contribution in [0.4, 0.5) is 0 Å². The SMILES string of the molecule is CCCCCCCCCCCCC/C=C/[C@@H](O)[C@H](CO[C@@H]1O[C@H](CO)[C@H](O[C@@H]2O[C@H](CO)[C@H](O)[C@H](O)[C@H]2O)[C@@H](O)[C@H]1O)NC(=O)CCCCCCC. The molecule has 0 bridgehead atoms. The van der Waals surface area contributed by atoms with Crippen molar-refractivity contribution in [3.8, 4) is 0 Å². The standard InChI is InChI=1S/C38H71NO13/c1-3-5-7-9-10-11-12-13-14-15-16-18-19-21-27(42)26(39-30(43)22-20-17-8-6-4-2)25-49-37-35(48)33(46)36(29(24-41)51-37)52-38-34(47)32(45)31(44)28(23-40)50-38/h19,21,26-29,31-38,40-42,44-48H,3-18,20,22-25H2,1-2H3,(H,39,43)/b21-19+/t26-,27+,28+,29+,31-,32-,33-,34+,35+,36-,37+,38-/m0/s1. The number of nitrogens with one attached hydrogen (secondary N) is 1. The fraction of sp³-hybridized carbons (Fsp3) is 0.921. The molecule has 1 amide bonds. The molecular weight excluding hydrogens is 678 g/mol. The quantitative estimate of drug-likeness (QED) is 0.0413. The molecule has 9 N–H and O–H groups in total. The van der Waals surface area contributed by atoms with Crippen LogP contribution in [0.2, 0.25) is 0 Å². The number of ether oxygens (including phenoxy) is 4. The van der Waals surface area contributed by atoms with Gasteiger partial charge >= 0.3 is 0 Å². The lowest BCUT2D eigenvalue weighted by Crippen LogP contribution is -2.65. The van der Waals surface area contributed by atoms with Crippen molar-refractivity contribution < 1.29 is 64.6 Å². The molecule has 12 atom stereocenters. The molecule has 2 fully saturated rings. The molecule has 0 aromatic carbocycles. The minimum Gasteiger partial charge on any atom is -0.394 e. The van der Waals surface area contributed by atoms with Gasteiger partial charge in [-0.25, -0.2) is 0 Å². The van der Waals surface area contributed by atoms with E-state index in [9.17, 15) is 45.6 Å². The topological polar surface area (TPSA) is 228 Å². The number of rotatable bonds is 28. The Morgan fingerprint density at radius 1 is 0.673 bits per heavy atom. The van der Waals surface area contributed by atoms with E-state index in [1.54, 1.807) is 6.08 Å². The van der Waals surface area contributed by atoms with Gasteiger partial charge in [0, 0.05) is 6.42 Å². The van der Waals surface area contributed by atoms with Gasteiger partial charge < -0.3 is 65.1 Å². The maximum Gasteiger partial charge on any atom is 0.220 e. The van der Waals surface area contributed by atoms with Crippen LogP contribution in [0, 0.1) is 0 Å². The van der Waals surface area contributed by atoms with E-state index in [0.717, 1.165) is 44.9 Å². The minimum atomic E-state index is -1.78. The number of aliphatic hydroxyl groups is 8. The zero-order valence-electron chi connectivity index (χ0n) is 31.6. The number of unbranched alkanes of at least 4 members (excludes halogenated alkanes) is 15. The Morgan fingerprint density at radius 3 is 1.77 bits per heavy atom. The van der Waals surface area contributed by atoms with Gasteiger partial charge in [-0.1, -0.05) is 116 Å². The molecule has 2 aliphatic rings. The van der Waals surface area contributed by atoms with Crippen molar-refractivity contribution >= 4 is 5.91 Å². The highest BCUT2D eigenvalue weighted by Crippen LogP contribution is 2.29. The van der Waals surface area contributed by atoms with E-state index >= 15 is 0 Å². The summed E-state index contributed by atoms with van der Waals surface area (Å²) in [4.78, 5) is 12.8. The predicted molar refractivity (Wildman–Crippen MR) is 194 cm³/mol. The third-order valence-electron chi connectivity index (χ3n) is 9.97. The van der Waals surface area contributed by atoms with Crippen molar-refractivity contribution in [3.05, 3.63) is 12.2 Å². The molecule has 0 spiro atoms. The highest BCUT2D eigenvalue weighted by molar-refractivity contribution is 5.76. The number of carbonyl (C=O) groups excluding carboxylic acids is 1. The van der Waals surface area contributed by atoms with Gasteiger partial charge in [0.05, 0.1) is 32.0 Å². The van der Waals surface area contributed by atoms with Gasteiger partial charge in [0.15, 0.2) is 12.6 Å². The number of carbonyl (C=O) groups is 1. The summed E-state index contributed by atoms with van der Waals surface area (Å²) in [5.41, 5.74) is 0. The Morgan fingerprint density at radius 2 is 1.19 bits per heavy atom. The summed E-state index contributed by atoms with van der Waals surface area (Å²) in [7, 11) is 0. The van der Waals surface area contributed by atoms with E-state index in [-0.39, 0.29) is 18.9 Å². The zero-order chi connectivity index (χ0) is 38.3. The fourth-order valence-corrected chi connectivity index (χ4v) is 6.58. The van der Waals surface area contributed by atoms with Crippen molar-refractivity contribution in [3.63, 3.8) is 0 Å². The van der Waals surface area contributed by atoms with E-state index in [0.29, 0.717) is 6.42 Å². The van der Waals surface area contributed by atoms with E-state index in [2.05, 4.69) is 19.2 Å². The summed E-state index contributed by atoms with van der Waals surface area (Å²) >= 11 is 0. The Kier molecular flexibility index (Phi) is 24.6. The molecule has 2 rings (SSSR count). The van der Waals surface area contributed by atoms with Crippen LogP contribution >= 0.6 is 0 Å². The first-order valence-corrected chi connectivity index (χ1v) is 19.9. The lowest BCUT2D eigenvalue weighted by Gasteiger charge is -2.46. The molecule has 0 radical (unpaired) electrons. The lowest BCUT2D eigenvalue weighted by molar-refractivity contribution is -0.359.